The minimum atomic E-state index is 0.433. The Morgan fingerprint density at radius 1 is 1.26 bits per heavy atom. The second-order valence-electron chi connectivity index (χ2n) is 5.55. The molecule has 0 heterocycles. The molecule has 0 bridgehead atoms. The molecule has 0 saturated heterocycles. The Morgan fingerprint density at radius 2 is 1.95 bits per heavy atom. The average molecular weight is 264 g/mol. The van der Waals surface area contributed by atoms with Crippen LogP contribution in [0.5, 0.6) is 5.75 Å². The summed E-state index contributed by atoms with van der Waals surface area (Å²) in [5.74, 6) is 1.47. The van der Waals surface area contributed by atoms with Crippen molar-refractivity contribution < 1.29 is 4.74 Å². The molecule has 1 rings (SSSR count). The highest BCUT2D eigenvalue weighted by molar-refractivity contribution is 5.39. The highest BCUT2D eigenvalue weighted by Crippen LogP contribution is 2.27. The summed E-state index contributed by atoms with van der Waals surface area (Å²) in [6.45, 7) is 8.29. The van der Waals surface area contributed by atoms with Crippen LogP contribution in [0.15, 0.2) is 18.2 Å². The van der Waals surface area contributed by atoms with Gasteiger partial charge in [-0.3, -0.25) is 0 Å². The van der Waals surface area contributed by atoms with E-state index in [0.717, 1.165) is 18.7 Å². The zero-order valence-corrected chi connectivity index (χ0v) is 12.9. The molecule has 0 aliphatic heterocycles. The van der Waals surface area contributed by atoms with E-state index in [1.165, 1.54) is 11.1 Å². The Labute approximate surface area is 117 Å². The average Bonchev–Trinajstić information content (AvgIpc) is 2.43. The van der Waals surface area contributed by atoms with Gasteiger partial charge in [0.2, 0.25) is 0 Å². The molecule has 0 radical (unpaired) electrons. The van der Waals surface area contributed by atoms with Crippen LogP contribution in [-0.2, 0) is 6.42 Å². The van der Waals surface area contributed by atoms with E-state index in [4.69, 9.17) is 10.5 Å². The smallest absolute Gasteiger partial charge is 0.122 e. The van der Waals surface area contributed by atoms with Crippen LogP contribution in [0, 0.1) is 0 Å². The van der Waals surface area contributed by atoms with Crippen molar-refractivity contribution in [2.24, 2.45) is 5.73 Å². The van der Waals surface area contributed by atoms with Gasteiger partial charge in [0.15, 0.2) is 0 Å². The summed E-state index contributed by atoms with van der Waals surface area (Å²) >= 11 is 0. The molecule has 1 aromatic carbocycles. The molecular formula is C16H28N2O. The predicted octanol–water partition coefficient (Wildman–Crippen LogP) is 2.64. The molecule has 108 valence electrons. The van der Waals surface area contributed by atoms with Crippen molar-refractivity contribution in [3.8, 4) is 5.75 Å². The van der Waals surface area contributed by atoms with Crippen LogP contribution in [-0.4, -0.2) is 38.2 Å². The summed E-state index contributed by atoms with van der Waals surface area (Å²) in [4.78, 5) is 2.30. The summed E-state index contributed by atoms with van der Waals surface area (Å²) in [6.07, 6.45) is 1.05. The largest absolute Gasteiger partial charge is 0.496 e. The SMILES string of the molecule is COc1ccc(CCN(C)C(C)CN)cc1C(C)C. The molecule has 0 aliphatic rings. The standard InChI is InChI=1S/C16H28N2O/c1-12(2)15-10-14(6-7-16(15)19-5)8-9-18(4)13(3)11-17/h6-7,10,12-13H,8-9,11,17H2,1-5H3. The van der Waals surface area contributed by atoms with Gasteiger partial charge in [-0.1, -0.05) is 26.0 Å². The molecule has 3 heteroatoms. The molecule has 19 heavy (non-hydrogen) atoms. The maximum atomic E-state index is 5.69. The molecule has 0 fully saturated rings. The molecule has 0 aromatic heterocycles. The quantitative estimate of drug-likeness (QED) is 0.823. The lowest BCUT2D eigenvalue weighted by Crippen LogP contribution is -2.36. The summed E-state index contributed by atoms with van der Waals surface area (Å²) in [5.41, 5.74) is 8.33. The van der Waals surface area contributed by atoms with Crippen LogP contribution in [0.25, 0.3) is 0 Å². The first-order valence-electron chi connectivity index (χ1n) is 7.06. The van der Waals surface area contributed by atoms with Crippen molar-refractivity contribution in [3.63, 3.8) is 0 Å². The van der Waals surface area contributed by atoms with Gasteiger partial charge in [0.1, 0.15) is 5.75 Å². The molecule has 1 unspecified atom stereocenters. The minimum absolute atomic E-state index is 0.433. The van der Waals surface area contributed by atoms with Gasteiger partial charge in [-0.2, -0.15) is 0 Å². The first kappa shape index (κ1) is 16.0. The predicted molar refractivity (Wildman–Crippen MR) is 81.9 cm³/mol. The summed E-state index contributed by atoms with van der Waals surface area (Å²) in [7, 11) is 3.86. The van der Waals surface area contributed by atoms with Crippen LogP contribution in [0.3, 0.4) is 0 Å². The van der Waals surface area contributed by atoms with E-state index in [0.29, 0.717) is 18.5 Å². The van der Waals surface area contributed by atoms with Crippen molar-refractivity contribution in [2.75, 3.05) is 27.2 Å². The fourth-order valence-corrected chi connectivity index (χ4v) is 2.10. The van der Waals surface area contributed by atoms with Crippen LogP contribution < -0.4 is 10.5 Å². The molecular weight excluding hydrogens is 236 g/mol. The van der Waals surface area contributed by atoms with Crippen LogP contribution in [0.2, 0.25) is 0 Å². The molecule has 1 atom stereocenters. The number of nitrogens with two attached hydrogens (primary N) is 1. The van der Waals surface area contributed by atoms with Crippen molar-refractivity contribution in [2.45, 2.75) is 39.2 Å². The van der Waals surface area contributed by atoms with Crippen molar-refractivity contribution in [3.05, 3.63) is 29.3 Å². The second-order valence-corrected chi connectivity index (χ2v) is 5.55. The number of rotatable bonds is 7. The number of methoxy groups -OCH3 is 1. The third kappa shape index (κ3) is 4.51. The van der Waals surface area contributed by atoms with Crippen LogP contribution >= 0.6 is 0 Å². The molecule has 3 nitrogen and oxygen atoms in total. The van der Waals surface area contributed by atoms with E-state index in [-0.39, 0.29) is 0 Å². The summed E-state index contributed by atoms with van der Waals surface area (Å²) in [6, 6.07) is 6.94. The highest BCUT2D eigenvalue weighted by Gasteiger charge is 2.10. The van der Waals surface area contributed by atoms with E-state index in [9.17, 15) is 0 Å². The molecule has 0 aliphatic carbocycles. The number of likely N-dealkylation sites (N-methyl/N-ethyl adjacent to an activating group) is 1. The van der Waals surface area contributed by atoms with E-state index in [2.05, 4.69) is 50.9 Å². The number of nitrogens with zero attached hydrogens (tertiary/aromatic N) is 1. The van der Waals surface area contributed by atoms with Crippen LogP contribution in [0.1, 0.15) is 37.8 Å². The van der Waals surface area contributed by atoms with Crippen LogP contribution in [0.4, 0.5) is 0 Å². The second kappa shape index (κ2) is 7.51. The number of hydrogen-bond acceptors (Lipinski definition) is 3. The summed E-state index contributed by atoms with van der Waals surface area (Å²) in [5, 5.41) is 0. The number of hydrogen-bond donors (Lipinski definition) is 1. The Bertz CT molecular complexity index is 390. The highest BCUT2D eigenvalue weighted by atomic mass is 16.5. The molecule has 1 aromatic rings. The van der Waals surface area contributed by atoms with E-state index < -0.39 is 0 Å². The normalized spacial score (nSPS) is 13.1. The topological polar surface area (TPSA) is 38.5 Å². The van der Waals surface area contributed by atoms with Gasteiger partial charge in [0.05, 0.1) is 7.11 Å². The number of benzene rings is 1. The van der Waals surface area contributed by atoms with Gasteiger partial charge in [-0.25, -0.2) is 0 Å². The molecule has 0 spiro atoms. The zero-order valence-electron chi connectivity index (χ0n) is 12.9. The Kier molecular flexibility index (Phi) is 6.32. The third-order valence-corrected chi connectivity index (χ3v) is 3.76. The van der Waals surface area contributed by atoms with Gasteiger partial charge in [0.25, 0.3) is 0 Å². The van der Waals surface area contributed by atoms with Gasteiger partial charge >= 0.3 is 0 Å². The van der Waals surface area contributed by atoms with Crippen molar-refractivity contribution >= 4 is 0 Å². The first-order chi connectivity index (χ1) is 8.99. The van der Waals surface area contributed by atoms with E-state index in [1.807, 2.05) is 0 Å². The Morgan fingerprint density at radius 3 is 2.47 bits per heavy atom. The number of ether oxygens (including phenoxy) is 1. The fourth-order valence-electron chi connectivity index (χ4n) is 2.10. The minimum Gasteiger partial charge on any atom is -0.496 e. The van der Waals surface area contributed by atoms with E-state index >= 15 is 0 Å². The van der Waals surface area contributed by atoms with Gasteiger partial charge < -0.3 is 15.4 Å². The fraction of sp³-hybridized carbons (Fsp3) is 0.625. The van der Waals surface area contributed by atoms with Gasteiger partial charge in [-0.15, -0.1) is 0 Å². The Hall–Kier alpha value is -1.06. The van der Waals surface area contributed by atoms with Gasteiger partial charge in [0, 0.05) is 19.1 Å². The lowest BCUT2D eigenvalue weighted by molar-refractivity contribution is 0.266. The molecule has 2 N–H and O–H groups in total. The van der Waals surface area contributed by atoms with Crippen molar-refractivity contribution in [1.82, 2.24) is 4.90 Å². The van der Waals surface area contributed by atoms with Gasteiger partial charge in [-0.05, 0) is 43.5 Å². The lowest BCUT2D eigenvalue weighted by atomic mass is 9.98. The zero-order chi connectivity index (χ0) is 14.4. The maximum absolute atomic E-state index is 5.69. The van der Waals surface area contributed by atoms with E-state index in [1.54, 1.807) is 7.11 Å². The van der Waals surface area contributed by atoms with Crippen molar-refractivity contribution in [1.29, 1.82) is 0 Å². The maximum Gasteiger partial charge on any atom is 0.122 e. The molecule has 0 saturated carbocycles. The lowest BCUT2D eigenvalue weighted by Gasteiger charge is -2.23. The first-order valence-corrected chi connectivity index (χ1v) is 7.06. The third-order valence-electron chi connectivity index (χ3n) is 3.76. The monoisotopic (exact) mass is 264 g/mol. The molecule has 0 amide bonds. The Balaban J connectivity index is 2.72. The summed E-state index contributed by atoms with van der Waals surface area (Å²) < 4.78 is 5.42.